The topological polar surface area (TPSA) is 101 Å². The van der Waals surface area contributed by atoms with Crippen molar-refractivity contribution in [2.45, 2.75) is 30.5 Å². The molecule has 2 N–H and O–H groups in total. The fourth-order valence-corrected chi connectivity index (χ4v) is 2.21. The molecule has 0 saturated heterocycles. The average Bonchev–Trinajstić information content (AvgIpc) is 2.73. The molecule has 0 amide bonds. The Kier molecular flexibility index (Phi) is 5.11. The second-order valence-electron chi connectivity index (χ2n) is 3.85. The smallest absolute Gasteiger partial charge is 0.390 e. The van der Waals surface area contributed by atoms with Crippen LogP contribution in [0.4, 0.5) is 13.2 Å². The van der Waals surface area contributed by atoms with Crippen LogP contribution in [-0.2, 0) is 21.4 Å². The SMILES string of the molecule is O=C(O)CCn1cc(S(=O)(=O)NCCC(F)(F)F)cn1. The maximum Gasteiger partial charge on any atom is 0.390 e. The standard InChI is InChI=1S/C9H12F3N3O4S/c10-9(11,12)2-3-14-20(18,19)7-5-13-15(6-7)4-1-8(16)17/h5-6,14H,1-4H2,(H,16,17). The number of halogens is 3. The molecule has 0 aliphatic rings. The van der Waals surface area contributed by atoms with Gasteiger partial charge < -0.3 is 5.11 Å². The van der Waals surface area contributed by atoms with E-state index in [1.165, 1.54) is 0 Å². The molecule has 114 valence electrons. The highest BCUT2D eigenvalue weighted by Gasteiger charge is 2.27. The maximum atomic E-state index is 11.9. The van der Waals surface area contributed by atoms with Crippen molar-refractivity contribution in [2.75, 3.05) is 6.54 Å². The van der Waals surface area contributed by atoms with Crippen molar-refractivity contribution in [3.05, 3.63) is 12.4 Å². The third-order valence-corrected chi connectivity index (χ3v) is 3.59. The first-order chi connectivity index (χ1) is 9.10. The Labute approximate surface area is 112 Å². The maximum absolute atomic E-state index is 11.9. The summed E-state index contributed by atoms with van der Waals surface area (Å²) in [5, 5.41) is 12.1. The first-order valence-corrected chi connectivity index (χ1v) is 6.89. The molecular weight excluding hydrogens is 303 g/mol. The molecule has 0 bridgehead atoms. The van der Waals surface area contributed by atoms with E-state index >= 15 is 0 Å². The number of alkyl halides is 3. The summed E-state index contributed by atoms with van der Waals surface area (Å²) < 4.78 is 61.8. The van der Waals surface area contributed by atoms with Crippen molar-refractivity contribution >= 4 is 16.0 Å². The molecule has 0 saturated carbocycles. The van der Waals surface area contributed by atoms with Gasteiger partial charge >= 0.3 is 12.1 Å². The van der Waals surface area contributed by atoms with E-state index in [0.717, 1.165) is 17.1 Å². The van der Waals surface area contributed by atoms with Crippen molar-refractivity contribution in [1.29, 1.82) is 0 Å². The van der Waals surface area contributed by atoms with Gasteiger partial charge in [-0.3, -0.25) is 9.48 Å². The van der Waals surface area contributed by atoms with E-state index in [1.807, 2.05) is 0 Å². The molecule has 1 aromatic rings. The van der Waals surface area contributed by atoms with E-state index in [1.54, 1.807) is 4.72 Å². The van der Waals surface area contributed by atoms with Gasteiger partial charge in [-0.2, -0.15) is 18.3 Å². The summed E-state index contributed by atoms with van der Waals surface area (Å²) >= 11 is 0. The number of nitrogens with zero attached hydrogens (tertiary/aromatic N) is 2. The number of aliphatic carboxylic acids is 1. The lowest BCUT2D eigenvalue weighted by atomic mass is 10.4. The van der Waals surface area contributed by atoms with Gasteiger partial charge in [-0.05, 0) is 0 Å². The van der Waals surface area contributed by atoms with Crippen molar-refractivity contribution in [3.63, 3.8) is 0 Å². The molecule has 0 aromatic carbocycles. The molecule has 1 rings (SSSR count). The van der Waals surface area contributed by atoms with Crippen LogP contribution in [0.1, 0.15) is 12.8 Å². The second-order valence-corrected chi connectivity index (χ2v) is 5.61. The lowest BCUT2D eigenvalue weighted by molar-refractivity contribution is -0.137. The van der Waals surface area contributed by atoms with E-state index in [0.29, 0.717) is 0 Å². The summed E-state index contributed by atoms with van der Waals surface area (Å²) in [5.74, 6) is -1.08. The predicted octanol–water partition coefficient (Wildman–Crippen LogP) is 0.588. The number of carbonyl (C=O) groups is 1. The van der Waals surface area contributed by atoms with E-state index < -0.39 is 35.1 Å². The molecule has 0 aliphatic carbocycles. The van der Waals surface area contributed by atoms with Gasteiger partial charge in [0.25, 0.3) is 0 Å². The Morgan fingerprint density at radius 3 is 2.65 bits per heavy atom. The second kappa shape index (κ2) is 6.22. The van der Waals surface area contributed by atoms with Gasteiger partial charge in [0.15, 0.2) is 0 Å². The summed E-state index contributed by atoms with van der Waals surface area (Å²) in [6.07, 6.45) is -3.98. The number of rotatable bonds is 7. The zero-order valence-corrected chi connectivity index (χ0v) is 10.9. The van der Waals surface area contributed by atoms with Gasteiger partial charge in [0, 0.05) is 12.7 Å². The first-order valence-electron chi connectivity index (χ1n) is 5.41. The minimum absolute atomic E-state index is 0.0343. The number of sulfonamides is 1. The molecule has 20 heavy (non-hydrogen) atoms. The van der Waals surface area contributed by atoms with E-state index in [9.17, 15) is 26.4 Å². The third kappa shape index (κ3) is 5.57. The van der Waals surface area contributed by atoms with Gasteiger partial charge in [-0.15, -0.1) is 0 Å². The van der Waals surface area contributed by atoms with Crippen LogP contribution >= 0.6 is 0 Å². The van der Waals surface area contributed by atoms with Crippen LogP contribution in [0.25, 0.3) is 0 Å². The van der Waals surface area contributed by atoms with Gasteiger partial charge in [-0.1, -0.05) is 0 Å². The van der Waals surface area contributed by atoms with Crippen LogP contribution in [0.5, 0.6) is 0 Å². The molecule has 0 atom stereocenters. The van der Waals surface area contributed by atoms with Crippen LogP contribution in [-0.4, -0.2) is 42.0 Å². The zero-order chi connectivity index (χ0) is 15.4. The van der Waals surface area contributed by atoms with Gasteiger partial charge in [0.1, 0.15) is 4.90 Å². The molecule has 1 aromatic heterocycles. The molecule has 0 aliphatic heterocycles. The number of hydrogen-bond donors (Lipinski definition) is 2. The zero-order valence-electron chi connectivity index (χ0n) is 10.1. The number of carboxylic acids is 1. The van der Waals surface area contributed by atoms with Crippen LogP contribution in [0.2, 0.25) is 0 Å². The minimum atomic E-state index is -4.45. The number of aryl methyl sites for hydroxylation is 1. The fourth-order valence-electron chi connectivity index (χ4n) is 1.23. The summed E-state index contributed by atoms with van der Waals surface area (Å²) in [5.41, 5.74) is 0. The van der Waals surface area contributed by atoms with Crippen LogP contribution in [0, 0.1) is 0 Å². The van der Waals surface area contributed by atoms with Crippen molar-refractivity contribution in [3.8, 4) is 0 Å². The molecule has 0 spiro atoms. The lowest BCUT2D eigenvalue weighted by Gasteiger charge is -2.07. The predicted molar refractivity (Wildman–Crippen MR) is 60.3 cm³/mol. The molecule has 0 fully saturated rings. The minimum Gasteiger partial charge on any atom is -0.481 e. The summed E-state index contributed by atoms with van der Waals surface area (Å²) in [4.78, 5) is 10.0. The molecular formula is C9H12F3N3O4S. The van der Waals surface area contributed by atoms with Gasteiger partial charge in [0.2, 0.25) is 10.0 Å². The van der Waals surface area contributed by atoms with E-state index in [-0.39, 0.29) is 17.9 Å². The van der Waals surface area contributed by atoms with Crippen LogP contribution in [0.3, 0.4) is 0 Å². The Morgan fingerprint density at radius 2 is 2.10 bits per heavy atom. The normalized spacial score (nSPS) is 12.6. The van der Waals surface area contributed by atoms with Crippen molar-refractivity contribution < 1.29 is 31.5 Å². The van der Waals surface area contributed by atoms with E-state index in [2.05, 4.69) is 5.10 Å². The number of carboxylic acid groups (broad SMARTS) is 1. The molecule has 1 heterocycles. The monoisotopic (exact) mass is 315 g/mol. The van der Waals surface area contributed by atoms with Crippen molar-refractivity contribution in [2.24, 2.45) is 0 Å². The fraction of sp³-hybridized carbons (Fsp3) is 0.556. The summed E-state index contributed by atoms with van der Waals surface area (Å²) in [6, 6.07) is 0. The summed E-state index contributed by atoms with van der Waals surface area (Å²) in [6.45, 7) is -0.806. The Hall–Kier alpha value is -1.62. The van der Waals surface area contributed by atoms with E-state index in [4.69, 9.17) is 5.11 Å². The largest absolute Gasteiger partial charge is 0.481 e. The number of nitrogens with one attached hydrogen (secondary N) is 1. The lowest BCUT2D eigenvalue weighted by Crippen LogP contribution is -2.27. The quantitative estimate of drug-likeness (QED) is 0.767. The summed E-state index contributed by atoms with van der Waals surface area (Å²) in [7, 11) is -4.08. The Morgan fingerprint density at radius 1 is 1.45 bits per heavy atom. The first kappa shape index (κ1) is 16.4. The third-order valence-electron chi connectivity index (χ3n) is 2.18. The highest BCUT2D eigenvalue weighted by molar-refractivity contribution is 7.89. The molecule has 0 radical (unpaired) electrons. The highest BCUT2D eigenvalue weighted by Crippen LogP contribution is 2.18. The van der Waals surface area contributed by atoms with Gasteiger partial charge in [-0.25, -0.2) is 13.1 Å². The van der Waals surface area contributed by atoms with Crippen LogP contribution < -0.4 is 4.72 Å². The molecule has 0 unspecified atom stereocenters. The highest BCUT2D eigenvalue weighted by atomic mass is 32.2. The molecule has 7 nitrogen and oxygen atoms in total. The molecule has 11 heteroatoms. The Balaban J connectivity index is 2.61. The Bertz CT molecular complexity index is 567. The average molecular weight is 315 g/mol. The van der Waals surface area contributed by atoms with Crippen LogP contribution in [0.15, 0.2) is 17.3 Å². The number of hydrogen-bond acceptors (Lipinski definition) is 4. The van der Waals surface area contributed by atoms with Crippen molar-refractivity contribution in [1.82, 2.24) is 14.5 Å². The number of aromatic nitrogens is 2. The van der Waals surface area contributed by atoms with Gasteiger partial charge in [0.05, 0.1) is 25.6 Å².